The first kappa shape index (κ1) is 7.58. The Morgan fingerprint density at radius 2 is 2.00 bits per heavy atom. The fourth-order valence-corrected chi connectivity index (χ4v) is 0.411. The van der Waals surface area contributed by atoms with Gasteiger partial charge < -0.3 is 4.84 Å². The Labute approximate surface area is 62.3 Å². The molecule has 0 N–H and O–H groups in total. The van der Waals surface area contributed by atoms with Crippen molar-refractivity contribution in [2.75, 3.05) is 0 Å². The van der Waals surface area contributed by atoms with Gasteiger partial charge in [0.15, 0.2) is 0 Å². The highest BCUT2D eigenvalue weighted by molar-refractivity contribution is 5.63. The summed E-state index contributed by atoms with van der Waals surface area (Å²) in [6.07, 6.45) is 5.62. The van der Waals surface area contributed by atoms with E-state index in [2.05, 4.69) is 11.4 Å². The van der Waals surface area contributed by atoms with Gasteiger partial charge in [-0.15, -0.1) is 0 Å². The smallest absolute Gasteiger partial charge is 0.127 e. The molecule has 2 nitrogen and oxygen atoms in total. The van der Waals surface area contributed by atoms with Crippen molar-refractivity contribution in [1.29, 1.82) is 0 Å². The molecular formula is C8H14NO. The Balaban J connectivity index is 2.15. The van der Waals surface area contributed by atoms with Crippen molar-refractivity contribution in [3.05, 3.63) is 0 Å². The molecule has 0 aromatic carbocycles. The molecule has 0 aromatic heterocycles. The first-order valence-corrected chi connectivity index (χ1v) is 3.71. The van der Waals surface area contributed by atoms with Gasteiger partial charge >= 0.3 is 0 Å². The van der Waals surface area contributed by atoms with Crippen LogP contribution in [0.5, 0.6) is 0 Å². The largest absolute Gasteiger partial charge is 0.392 e. The Morgan fingerprint density at radius 1 is 1.40 bits per heavy atom. The molecule has 0 unspecified atom stereocenters. The molecule has 10 heavy (non-hydrogen) atoms. The lowest BCUT2D eigenvalue weighted by molar-refractivity contribution is 0.128. The Hall–Kier alpha value is -0.530. The summed E-state index contributed by atoms with van der Waals surface area (Å²) in [7, 11) is 0. The van der Waals surface area contributed by atoms with E-state index in [-0.39, 0.29) is 5.41 Å². The lowest BCUT2D eigenvalue weighted by Gasteiger charge is -2.07. The molecule has 57 valence electrons. The van der Waals surface area contributed by atoms with E-state index in [1.807, 2.05) is 20.8 Å². The first-order chi connectivity index (χ1) is 4.58. The van der Waals surface area contributed by atoms with Crippen molar-refractivity contribution in [3.8, 4) is 0 Å². The minimum absolute atomic E-state index is 0.0227. The fourth-order valence-electron chi connectivity index (χ4n) is 0.411. The van der Waals surface area contributed by atoms with E-state index in [9.17, 15) is 0 Å². The third-order valence-corrected chi connectivity index (χ3v) is 1.11. The molecule has 1 rings (SSSR count). The van der Waals surface area contributed by atoms with Gasteiger partial charge in [0, 0.05) is 5.41 Å². The molecule has 0 heterocycles. The van der Waals surface area contributed by atoms with E-state index < -0.39 is 0 Å². The lowest BCUT2D eigenvalue weighted by atomic mass is 10.00. The zero-order valence-electron chi connectivity index (χ0n) is 6.85. The fraction of sp³-hybridized carbons (Fsp3) is 0.875. The number of rotatable bonds is 2. The SMILES string of the molecule is CC(C)(C)/[C]=N/OC1CC1. The van der Waals surface area contributed by atoms with Crippen molar-refractivity contribution < 1.29 is 4.84 Å². The zero-order chi connectivity index (χ0) is 7.61. The predicted molar refractivity (Wildman–Crippen MR) is 41.0 cm³/mol. The minimum atomic E-state index is 0.0227. The molecule has 0 amide bonds. The third kappa shape index (κ3) is 3.49. The van der Waals surface area contributed by atoms with Crippen LogP contribution >= 0.6 is 0 Å². The van der Waals surface area contributed by atoms with Crippen molar-refractivity contribution in [3.63, 3.8) is 0 Å². The third-order valence-electron chi connectivity index (χ3n) is 1.11. The maximum atomic E-state index is 5.04. The molecule has 1 radical (unpaired) electrons. The van der Waals surface area contributed by atoms with Gasteiger partial charge in [-0.2, -0.15) is 0 Å². The molecule has 0 aliphatic heterocycles. The highest BCUT2D eigenvalue weighted by Crippen LogP contribution is 2.23. The van der Waals surface area contributed by atoms with Crippen LogP contribution in [-0.2, 0) is 4.84 Å². The Kier molecular flexibility index (Phi) is 1.97. The second-order valence-electron chi connectivity index (χ2n) is 3.76. The zero-order valence-corrected chi connectivity index (χ0v) is 6.85. The topological polar surface area (TPSA) is 21.6 Å². The molecular weight excluding hydrogens is 126 g/mol. The maximum Gasteiger partial charge on any atom is 0.127 e. The normalized spacial score (nSPS) is 19.9. The predicted octanol–water partition coefficient (Wildman–Crippen LogP) is 2.07. The summed E-state index contributed by atoms with van der Waals surface area (Å²) in [6, 6.07) is 0. The van der Waals surface area contributed by atoms with Gasteiger partial charge in [0.2, 0.25) is 0 Å². The van der Waals surface area contributed by atoms with Gasteiger partial charge in [-0.25, -0.2) is 0 Å². The summed E-state index contributed by atoms with van der Waals surface area (Å²) in [6.45, 7) is 6.15. The number of nitrogens with zero attached hydrogens (tertiary/aromatic N) is 1. The Morgan fingerprint density at radius 3 is 2.40 bits per heavy atom. The van der Waals surface area contributed by atoms with Crippen LogP contribution < -0.4 is 0 Å². The van der Waals surface area contributed by atoms with Crippen molar-refractivity contribution in [1.82, 2.24) is 0 Å². The van der Waals surface area contributed by atoms with Gasteiger partial charge in [0.05, 0.1) is 0 Å². The van der Waals surface area contributed by atoms with Crippen LogP contribution in [0.25, 0.3) is 0 Å². The maximum absolute atomic E-state index is 5.04. The van der Waals surface area contributed by atoms with Gasteiger partial charge in [0.25, 0.3) is 0 Å². The van der Waals surface area contributed by atoms with E-state index >= 15 is 0 Å². The molecule has 1 saturated carbocycles. The second kappa shape index (κ2) is 2.60. The molecule has 1 aliphatic carbocycles. The molecule has 0 atom stereocenters. The summed E-state index contributed by atoms with van der Waals surface area (Å²) in [5.74, 6) is 0. The number of hydrogen-bond donors (Lipinski definition) is 0. The highest BCUT2D eigenvalue weighted by Gasteiger charge is 2.23. The van der Waals surface area contributed by atoms with Gasteiger partial charge in [-0.3, -0.25) is 0 Å². The van der Waals surface area contributed by atoms with Crippen molar-refractivity contribution in [2.24, 2.45) is 10.6 Å². The van der Waals surface area contributed by atoms with Crippen LogP contribution in [0.3, 0.4) is 0 Å². The van der Waals surface area contributed by atoms with Crippen LogP contribution in [0.2, 0.25) is 0 Å². The van der Waals surface area contributed by atoms with E-state index in [0.29, 0.717) is 6.10 Å². The average Bonchev–Trinajstić information content (AvgIpc) is 2.45. The van der Waals surface area contributed by atoms with Crippen molar-refractivity contribution >= 4 is 6.21 Å². The van der Waals surface area contributed by atoms with E-state index in [4.69, 9.17) is 4.84 Å². The molecule has 0 saturated heterocycles. The van der Waals surface area contributed by atoms with Crippen LogP contribution in [0.4, 0.5) is 0 Å². The van der Waals surface area contributed by atoms with E-state index in [0.717, 1.165) is 12.8 Å². The van der Waals surface area contributed by atoms with E-state index in [1.165, 1.54) is 0 Å². The number of hydrogen-bond acceptors (Lipinski definition) is 2. The van der Waals surface area contributed by atoms with Crippen LogP contribution in [-0.4, -0.2) is 12.3 Å². The van der Waals surface area contributed by atoms with Gasteiger partial charge in [-0.05, 0) is 12.8 Å². The Bertz CT molecular complexity index is 131. The summed E-state index contributed by atoms with van der Waals surface area (Å²) in [5.41, 5.74) is 0.0227. The summed E-state index contributed by atoms with van der Waals surface area (Å²) < 4.78 is 0. The van der Waals surface area contributed by atoms with Gasteiger partial charge in [-0.1, -0.05) is 25.9 Å². The summed E-state index contributed by atoms with van der Waals surface area (Å²) >= 11 is 0. The quantitative estimate of drug-likeness (QED) is 0.425. The summed E-state index contributed by atoms with van der Waals surface area (Å²) in [4.78, 5) is 5.04. The molecule has 0 bridgehead atoms. The minimum Gasteiger partial charge on any atom is -0.392 e. The van der Waals surface area contributed by atoms with Crippen molar-refractivity contribution in [2.45, 2.75) is 39.7 Å². The standard InChI is InChI=1S/C8H14NO/c1-8(2,3)6-9-10-7-4-5-7/h7H,4-5H2,1-3H3. The van der Waals surface area contributed by atoms with Crippen LogP contribution in [0.15, 0.2) is 5.16 Å². The molecule has 0 aromatic rings. The molecule has 0 spiro atoms. The average molecular weight is 140 g/mol. The second-order valence-corrected chi connectivity index (χ2v) is 3.76. The van der Waals surface area contributed by atoms with Gasteiger partial charge in [0.1, 0.15) is 12.3 Å². The van der Waals surface area contributed by atoms with E-state index in [1.54, 1.807) is 0 Å². The summed E-state index contributed by atoms with van der Waals surface area (Å²) in [5, 5.41) is 3.75. The first-order valence-electron chi connectivity index (χ1n) is 3.71. The highest BCUT2D eigenvalue weighted by atomic mass is 16.6. The molecule has 1 fully saturated rings. The monoisotopic (exact) mass is 140 g/mol. The van der Waals surface area contributed by atoms with Crippen LogP contribution in [0.1, 0.15) is 33.6 Å². The molecule has 2 heteroatoms. The lowest BCUT2D eigenvalue weighted by Crippen LogP contribution is -2.06. The van der Waals surface area contributed by atoms with Crippen LogP contribution in [0, 0.1) is 5.41 Å². The molecule has 1 aliphatic rings.